The van der Waals surface area contributed by atoms with Crippen molar-refractivity contribution in [2.75, 3.05) is 0 Å². The van der Waals surface area contributed by atoms with Crippen LogP contribution < -0.4 is 0 Å². The van der Waals surface area contributed by atoms with Crippen LogP contribution in [0.4, 0.5) is 0 Å². The SMILES string of the molecule is Cl.Cl.Cl.O.O.O.O.O.O.[H-].[H-].[Sr+2]. The van der Waals surface area contributed by atoms with E-state index in [0.717, 1.165) is 0 Å². The molecule has 0 saturated carbocycles. The quantitative estimate of drug-likeness (QED) is 0.396. The van der Waals surface area contributed by atoms with Gasteiger partial charge in [-0.2, -0.15) is 0 Å². The van der Waals surface area contributed by atoms with Crippen LogP contribution in [0.25, 0.3) is 0 Å². The van der Waals surface area contributed by atoms with Gasteiger partial charge in [0.15, 0.2) is 0 Å². The second kappa shape index (κ2) is 255. The molecule has 76 valence electrons. The first kappa shape index (κ1) is 336. The van der Waals surface area contributed by atoms with Crippen molar-refractivity contribution < 1.29 is 35.7 Å². The summed E-state index contributed by atoms with van der Waals surface area (Å²) >= 11 is 0. The zero-order valence-corrected chi connectivity index (χ0v) is 10.9. The smallest absolute Gasteiger partial charge is 1.00 e. The molecule has 6 nitrogen and oxygen atoms in total. The maximum Gasteiger partial charge on any atom is 2.00 e. The van der Waals surface area contributed by atoms with E-state index in [0.29, 0.717) is 0 Å². The molecule has 0 aliphatic carbocycles. The summed E-state index contributed by atoms with van der Waals surface area (Å²) in [6, 6.07) is 0. The molecule has 10 heavy (non-hydrogen) atoms. The minimum atomic E-state index is 0. The van der Waals surface area contributed by atoms with Crippen molar-refractivity contribution >= 4 is 82.7 Å². The van der Waals surface area contributed by atoms with E-state index in [1.54, 1.807) is 0 Å². The van der Waals surface area contributed by atoms with Gasteiger partial charge in [-0.1, -0.05) is 0 Å². The van der Waals surface area contributed by atoms with Gasteiger partial charge in [-0.15, -0.1) is 37.2 Å². The predicted molar refractivity (Wildman–Crippen MR) is 51.4 cm³/mol. The molecule has 0 fully saturated rings. The Labute approximate surface area is 117 Å². The van der Waals surface area contributed by atoms with Gasteiger partial charge in [0.2, 0.25) is 0 Å². The van der Waals surface area contributed by atoms with Gasteiger partial charge in [0.25, 0.3) is 0 Å². The molecule has 0 rings (SSSR count). The molecule has 0 bridgehead atoms. The Hall–Kier alpha value is 2.11. The molecule has 0 unspecified atom stereocenters. The molecule has 0 aromatic heterocycles. The summed E-state index contributed by atoms with van der Waals surface area (Å²) in [5.41, 5.74) is 0. The van der Waals surface area contributed by atoms with E-state index in [-0.39, 0.29) is 118 Å². The summed E-state index contributed by atoms with van der Waals surface area (Å²) in [5.74, 6) is 0. The Balaban J connectivity index is 0. The molecule has 0 aromatic rings. The molecule has 10 heteroatoms. The Kier molecular flexibility index (Phi) is 8560. The van der Waals surface area contributed by atoms with Crippen molar-refractivity contribution in [3.05, 3.63) is 0 Å². The van der Waals surface area contributed by atoms with Crippen molar-refractivity contribution in [2.45, 2.75) is 0 Å². The van der Waals surface area contributed by atoms with E-state index in [4.69, 9.17) is 0 Å². The summed E-state index contributed by atoms with van der Waals surface area (Å²) in [4.78, 5) is 0. The second-order valence-corrected chi connectivity index (χ2v) is 0. The van der Waals surface area contributed by atoms with Crippen LogP contribution in [0.1, 0.15) is 2.85 Å². The van der Waals surface area contributed by atoms with Crippen molar-refractivity contribution in [3.63, 3.8) is 0 Å². The number of hydrogen-bond acceptors (Lipinski definition) is 0. The van der Waals surface area contributed by atoms with E-state index in [2.05, 4.69) is 0 Å². The standard InChI is InChI=1S/3ClH.6H2O.Sr.2H/h3*1H;6*1H2;;;/q;;;;;;;;;+2;2*-1. The number of rotatable bonds is 0. The molecule has 0 aromatic carbocycles. The second-order valence-electron chi connectivity index (χ2n) is 0. The average Bonchev–Trinajstić information content (AvgIpc) is 0. The summed E-state index contributed by atoms with van der Waals surface area (Å²) in [6.07, 6.45) is 0. The summed E-state index contributed by atoms with van der Waals surface area (Å²) < 4.78 is 0. The maximum absolute atomic E-state index is 0. The Morgan fingerprint density at radius 3 is 0.400 bits per heavy atom. The van der Waals surface area contributed by atoms with E-state index in [1.807, 2.05) is 0 Å². The maximum atomic E-state index is 0. The zero-order chi connectivity index (χ0) is 0. The van der Waals surface area contributed by atoms with Gasteiger partial charge in [0, 0.05) is 0 Å². The van der Waals surface area contributed by atoms with Crippen molar-refractivity contribution in [2.24, 2.45) is 0 Å². The van der Waals surface area contributed by atoms with Crippen molar-refractivity contribution in [1.82, 2.24) is 0 Å². The average molecular weight is 307 g/mol. The normalized spacial score (nSPS) is 0. The Morgan fingerprint density at radius 2 is 0.400 bits per heavy atom. The molecule has 0 aliphatic heterocycles. The van der Waals surface area contributed by atoms with Crippen LogP contribution in [0.2, 0.25) is 0 Å². The molecule has 0 heterocycles. The van der Waals surface area contributed by atoms with E-state index in [1.165, 1.54) is 0 Å². The largest absolute Gasteiger partial charge is 2.00 e. The fraction of sp³-hybridized carbons (Fsp3) is 0. The molecule has 0 amide bonds. The van der Waals surface area contributed by atoms with Crippen molar-refractivity contribution in [3.8, 4) is 0 Å². The first-order chi connectivity index (χ1) is 0. The number of hydrogen-bond donors (Lipinski definition) is 0. The van der Waals surface area contributed by atoms with Crippen LogP contribution in [0.5, 0.6) is 0 Å². The van der Waals surface area contributed by atoms with Gasteiger partial charge < -0.3 is 35.7 Å². The molecule has 0 radical (unpaired) electrons. The molecule has 0 aliphatic rings. The Bertz CT molecular complexity index is 20.8. The van der Waals surface area contributed by atoms with Crippen LogP contribution in [-0.4, -0.2) is 78.3 Å². The van der Waals surface area contributed by atoms with Crippen LogP contribution in [0, 0.1) is 0 Å². The molecule has 0 saturated heterocycles. The van der Waals surface area contributed by atoms with E-state index >= 15 is 0 Å². The minimum absolute atomic E-state index is 0. The third-order valence-electron chi connectivity index (χ3n) is 0. The van der Waals surface area contributed by atoms with E-state index < -0.39 is 0 Å². The van der Waals surface area contributed by atoms with Gasteiger partial charge in [0.1, 0.15) is 0 Å². The first-order valence-corrected chi connectivity index (χ1v) is 0. The summed E-state index contributed by atoms with van der Waals surface area (Å²) in [7, 11) is 0. The fourth-order valence-corrected chi connectivity index (χ4v) is 0. The summed E-state index contributed by atoms with van der Waals surface area (Å²) in [6.45, 7) is 0. The first-order valence-electron chi connectivity index (χ1n) is 0. The van der Waals surface area contributed by atoms with Crippen LogP contribution in [0.3, 0.4) is 0 Å². The van der Waals surface area contributed by atoms with Gasteiger partial charge in [-0.25, -0.2) is 0 Å². The molecular formula is H17Cl3O6Sr. The fourth-order valence-electron chi connectivity index (χ4n) is 0. The molecule has 0 spiro atoms. The van der Waals surface area contributed by atoms with Crippen LogP contribution in [0.15, 0.2) is 0 Å². The van der Waals surface area contributed by atoms with Crippen LogP contribution in [-0.2, 0) is 0 Å². The summed E-state index contributed by atoms with van der Waals surface area (Å²) in [5, 5.41) is 0. The van der Waals surface area contributed by atoms with Gasteiger partial charge >= 0.3 is 45.5 Å². The zero-order valence-electron chi connectivity index (χ0n) is 6.93. The predicted octanol–water partition coefficient (Wildman–Crippen LogP) is -3.84. The molecule has 0 atom stereocenters. The van der Waals surface area contributed by atoms with Gasteiger partial charge in [-0.05, 0) is 0 Å². The number of halogens is 3. The Morgan fingerprint density at radius 1 is 0.400 bits per heavy atom. The van der Waals surface area contributed by atoms with Crippen LogP contribution >= 0.6 is 37.2 Å². The minimum Gasteiger partial charge on any atom is -1.00 e. The topological polar surface area (TPSA) is 189 Å². The van der Waals surface area contributed by atoms with E-state index in [9.17, 15) is 0 Å². The van der Waals surface area contributed by atoms with Gasteiger partial charge in [0.05, 0.1) is 0 Å². The van der Waals surface area contributed by atoms with Gasteiger partial charge in [-0.3, -0.25) is 0 Å². The monoisotopic (exact) mass is 306 g/mol. The molecular weight excluding hydrogens is 290 g/mol. The third kappa shape index (κ3) is 188. The third-order valence-corrected chi connectivity index (χ3v) is 0. The molecule has 12 N–H and O–H groups in total. The van der Waals surface area contributed by atoms with Crippen molar-refractivity contribution in [1.29, 1.82) is 0 Å².